The number of hydrogen-bond acceptors (Lipinski definition) is 5. The summed E-state index contributed by atoms with van der Waals surface area (Å²) < 4.78 is 5.20. The number of rotatable bonds is 3. The number of anilines is 1. The van der Waals surface area contributed by atoms with Gasteiger partial charge in [-0.1, -0.05) is 5.10 Å². The molecule has 1 unspecified atom stereocenters. The summed E-state index contributed by atoms with van der Waals surface area (Å²) in [5.74, 6) is 0.457. The average Bonchev–Trinajstić information content (AvgIpc) is 2.34. The van der Waals surface area contributed by atoms with Crippen LogP contribution < -0.4 is 11.1 Å². The topological polar surface area (TPSA) is 77.0 Å². The maximum atomic E-state index is 5.53. The van der Waals surface area contributed by atoms with Gasteiger partial charge in [-0.2, -0.15) is 0 Å². The number of aromatic nitrogens is 2. The van der Waals surface area contributed by atoms with Crippen LogP contribution in [0.5, 0.6) is 0 Å². The van der Waals surface area contributed by atoms with Crippen LogP contribution in [-0.4, -0.2) is 16.2 Å². The van der Waals surface area contributed by atoms with E-state index in [1.807, 2.05) is 13.8 Å². The molecule has 1 aromatic rings. The highest BCUT2D eigenvalue weighted by atomic mass is 16.4. The second kappa shape index (κ2) is 3.53. The first-order chi connectivity index (χ1) is 5.59. The second-order valence-corrected chi connectivity index (χ2v) is 3.03. The Morgan fingerprint density at radius 2 is 2.00 bits per heavy atom. The van der Waals surface area contributed by atoms with Crippen molar-refractivity contribution < 1.29 is 4.42 Å². The van der Waals surface area contributed by atoms with Gasteiger partial charge in [0, 0.05) is 6.04 Å². The fraction of sp³-hybridized carbons (Fsp3) is 0.714. The molecule has 1 aromatic heterocycles. The van der Waals surface area contributed by atoms with Crippen LogP contribution in [0.3, 0.4) is 0 Å². The first-order valence-electron chi connectivity index (χ1n) is 3.95. The van der Waals surface area contributed by atoms with Crippen molar-refractivity contribution in [3.8, 4) is 0 Å². The van der Waals surface area contributed by atoms with E-state index in [0.29, 0.717) is 11.9 Å². The van der Waals surface area contributed by atoms with Crippen molar-refractivity contribution in [2.45, 2.75) is 32.9 Å². The van der Waals surface area contributed by atoms with Crippen LogP contribution in [0.25, 0.3) is 0 Å². The lowest BCUT2D eigenvalue weighted by molar-refractivity contribution is 0.470. The molecule has 0 aliphatic heterocycles. The Kier molecular flexibility index (Phi) is 2.65. The Morgan fingerprint density at radius 1 is 1.33 bits per heavy atom. The van der Waals surface area contributed by atoms with Crippen LogP contribution in [-0.2, 0) is 0 Å². The molecule has 5 nitrogen and oxygen atoms in total. The third-order valence-electron chi connectivity index (χ3n) is 1.24. The summed E-state index contributed by atoms with van der Waals surface area (Å²) in [5.41, 5.74) is 5.53. The Morgan fingerprint density at radius 3 is 2.42 bits per heavy atom. The van der Waals surface area contributed by atoms with Crippen molar-refractivity contribution in [1.29, 1.82) is 0 Å². The van der Waals surface area contributed by atoms with Gasteiger partial charge < -0.3 is 15.5 Å². The van der Waals surface area contributed by atoms with Crippen LogP contribution in [0.2, 0.25) is 0 Å². The van der Waals surface area contributed by atoms with Gasteiger partial charge in [0.25, 0.3) is 0 Å². The van der Waals surface area contributed by atoms with E-state index in [0.717, 1.165) is 0 Å². The molecule has 0 spiro atoms. The van der Waals surface area contributed by atoms with Crippen molar-refractivity contribution in [2.75, 3.05) is 5.32 Å². The minimum Gasteiger partial charge on any atom is -0.406 e. The summed E-state index contributed by atoms with van der Waals surface area (Å²) in [6, 6.07) is 0.504. The molecule has 0 aromatic carbocycles. The minimum absolute atomic E-state index is 0.208. The van der Waals surface area contributed by atoms with Crippen LogP contribution in [0.4, 0.5) is 6.01 Å². The highest BCUT2D eigenvalue weighted by Gasteiger charge is 2.09. The molecule has 1 atom stereocenters. The first kappa shape index (κ1) is 8.99. The zero-order valence-electron chi connectivity index (χ0n) is 7.53. The van der Waals surface area contributed by atoms with Gasteiger partial charge in [-0.05, 0) is 20.8 Å². The van der Waals surface area contributed by atoms with E-state index in [4.69, 9.17) is 10.2 Å². The number of nitrogens with zero attached hydrogens (tertiary/aromatic N) is 2. The predicted molar refractivity (Wildman–Crippen MR) is 45.7 cm³/mol. The van der Waals surface area contributed by atoms with Gasteiger partial charge in [-0.25, -0.2) is 0 Å². The van der Waals surface area contributed by atoms with Crippen molar-refractivity contribution in [3.63, 3.8) is 0 Å². The standard InChI is InChI=1S/C7H14N4O/c1-4(2)9-7-11-10-6(12-7)5(3)8/h4-5H,8H2,1-3H3,(H,9,11). The number of nitrogens with two attached hydrogens (primary N) is 1. The zero-order valence-corrected chi connectivity index (χ0v) is 7.53. The molecule has 3 N–H and O–H groups in total. The molecule has 1 rings (SSSR count). The molecule has 0 fully saturated rings. The van der Waals surface area contributed by atoms with E-state index in [2.05, 4.69) is 15.5 Å². The highest BCUT2D eigenvalue weighted by molar-refractivity contribution is 5.18. The molecule has 68 valence electrons. The average molecular weight is 170 g/mol. The Bertz CT molecular complexity index is 243. The summed E-state index contributed by atoms with van der Waals surface area (Å²) in [7, 11) is 0. The van der Waals surface area contributed by atoms with Gasteiger partial charge in [-0.15, -0.1) is 5.10 Å². The molecule has 0 aliphatic rings. The molecule has 0 saturated carbocycles. The summed E-state index contributed by atoms with van der Waals surface area (Å²) in [5, 5.41) is 10.5. The van der Waals surface area contributed by atoms with Gasteiger partial charge in [0.05, 0.1) is 6.04 Å². The lowest BCUT2D eigenvalue weighted by atomic mass is 10.4. The first-order valence-corrected chi connectivity index (χ1v) is 3.95. The van der Waals surface area contributed by atoms with Gasteiger partial charge in [0.1, 0.15) is 0 Å². The predicted octanol–water partition coefficient (Wildman–Crippen LogP) is 0.910. The quantitative estimate of drug-likeness (QED) is 0.705. The Hall–Kier alpha value is -1.10. The van der Waals surface area contributed by atoms with Gasteiger partial charge in [0.15, 0.2) is 0 Å². The van der Waals surface area contributed by atoms with Gasteiger partial charge in [-0.3, -0.25) is 0 Å². The lowest BCUT2D eigenvalue weighted by Crippen LogP contribution is -2.09. The number of nitrogens with one attached hydrogen (secondary N) is 1. The van der Waals surface area contributed by atoms with Gasteiger partial charge in [0.2, 0.25) is 5.89 Å². The van der Waals surface area contributed by atoms with Crippen molar-refractivity contribution in [2.24, 2.45) is 5.73 Å². The fourth-order valence-electron chi connectivity index (χ4n) is 0.724. The highest BCUT2D eigenvalue weighted by Crippen LogP contribution is 2.11. The molecular weight excluding hydrogens is 156 g/mol. The third kappa shape index (κ3) is 2.20. The molecule has 0 radical (unpaired) electrons. The molecule has 0 aliphatic carbocycles. The van der Waals surface area contributed by atoms with Gasteiger partial charge >= 0.3 is 6.01 Å². The summed E-state index contributed by atoms with van der Waals surface area (Å²) >= 11 is 0. The molecule has 0 amide bonds. The lowest BCUT2D eigenvalue weighted by Gasteiger charge is -2.02. The third-order valence-corrected chi connectivity index (χ3v) is 1.24. The van der Waals surface area contributed by atoms with E-state index in [1.165, 1.54) is 0 Å². The Balaban J connectivity index is 2.64. The van der Waals surface area contributed by atoms with Crippen molar-refractivity contribution >= 4 is 6.01 Å². The molecule has 0 saturated heterocycles. The maximum absolute atomic E-state index is 5.53. The zero-order chi connectivity index (χ0) is 9.14. The monoisotopic (exact) mass is 170 g/mol. The summed E-state index contributed by atoms with van der Waals surface area (Å²) in [6.45, 7) is 5.79. The fourth-order valence-corrected chi connectivity index (χ4v) is 0.724. The summed E-state index contributed by atoms with van der Waals surface area (Å²) in [4.78, 5) is 0. The minimum atomic E-state index is -0.208. The van der Waals surface area contributed by atoms with Crippen LogP contribution in [0, 0.1) is 0 Å². The Labute approximate surface area is 71.3 Å². The summed E-state index contributed by atoms with van der Waals surface area (Å²) in [6.07, 6.45) is 0. The molecular formula is C7H14N4O. The van der Waals surface area contributed by atoms with Crippen molar-refractivity contribution in [1.82, 2.24) is 10.2 Å². The largest absolute Gasteiger partial charge is 0.406 e. The van der Waals surface area contributed by atoms with E-state index in [-0.39, 0.29) is 12.1 Å². The molecule has 5 heteroatoms. The smallest absolute Gasteiger partial charge is 0.315 e. The number of hydrogen-bond donors (Lipinski definition) is 2. The van der Waals surface area contributed by atoms with Crippen LogP contribution >= 0.6 is 0 Å². The van der Waals surface area contributed by atoms with E-state index in [9.17, 15) is 0 Å². The van der Waals surface area contributed by atoms with Crippen LogP contribution in [0.15, 0.2) is 4.42 Å². The second-order valence-electron chi connectivity index (χ2n) is 3.03. The normalized spacial score (nSPS) is 13.4. The van der Waals surface area contributed by atoms with Crippen molar-refractivity contribution in [3.05, 3.63) is 5.89 Å². The molecule has 12 heavy (non-hydrogen) atoms. The van der Waals surface area contributed by atoms with Crippen LogP contribution in [0.1, 0.15) is 32.7 Å². The molecule has 0 bridgehead atoms. The maximum Gasteiger partial charge on any atom is 0.315 e. The SMILES string of the molecule is CC(C)Nc1nnc(C(C)N)o1. The molecule has 1 heterocycles. The van der Waals surface area contributed by atoms with E-state index in [1.54, 1.807) is 6.92 Å². The van der Waals surface area contributed by atoms with E-state index >= 15 is 0 Å². The van der Waals surface area contributed by atoms with E-state index < -0.39 is 0 Å².